The minimum absolute atomic E-state index is 0.228. The van der Waals surface area contributed by atoms with Crippen molar-refractivity contribution in [2.75, 3.05) is 0 Å². The minimum Gasteiger partial charge on any atom is -0.289 e. The zero-order chi connectivity index (χ0) is 13.3. The number of benzene rings is 2. The average molecular weight is 348 g/mol. The largest absolute Gasteiger partial charge is 0.289 e. The van der Waals surface area contributed by atoms with Gasteiger partial charge in [0.15, 0.2) is 5.78 Å². The molecule has 92 valence electrons. The fourth-order valence-corrected chi connectivity index (χ4v) is 2.22. The molecule has 0 aliphatic heterocycles. The fraction of sp³-hybridized carbons (Fsp3) is 0. The molecule has 0 spiro atoms. The van der Waals surface area contributed by atoms with Crippen LogP contribution in [0.25, 0.3) is 0 Å². The lowest BCUT2D eigenvalue weighted by atomic mass is 10.0. The Labute approximate surface area is 122 Å². The summed E-state index contributed by atoms with van der Waals surface area (Å²) in [5.41, 5.74) is 0.634. The standard InChI is InChI=1S/C13H6BrCl2FO/c14-10-5-7(1-4-12(10)17)13(18)9-6-8(15)2-3-11(9)16/h1-6H. The Bertz CT molecular complexity index is 628. The van der Waals surface area contributed by atoms with Crippen molar-refractivity contribution in [2.45, 2.75) is 0 Å². The van der Waals surface area contributed by atoms with Gasteiger partial charge in [-0.2, -0.15) is 0 Å². The molecule has 0 unspecified atom stereocenters. The zero-order valence-corrected chi connectivity index (χ0v) is 12.0. The summed E-state index contributed by atoms with van der Waals surface area (Å²) < 4.78 is 13.3. The molecule has 0 aromatic heterocycles. The number of hydrogen-bond acceptors (Lipinski definition) is 1. The van der Waals surface area contributed by atoms with Gasteiger partial charge in [-0.1, -0.05) is 23.2 Å². The Morgan fingerprint density at radius 2 is 1.83 bits per heavy atom. The van der Waals surface area contributed by atoms with Crippen molar-refractivity contribution in [1.82, 2.24) is 0 Å². The van der Waals surface area contributed by atoms with Crippen molar-refractivity contribution in [2.24, 2.45) is 0 Å². The van der Waals surface area contributed by atoms with Gasteiger partial charge in [-0.3, -0.25) is 4.79 Å². The maximum absolute atomic E-state index is 13.1. The van der Waals surface area contributed by atoms with E-state index >= 15 is 0 Å². The molecule has 0 aliphatic carbocycles. The van der Waals surface area contributed by atoms with E-state index in [0.29, 0.717) is 21.2 Å². The van der Waals surface area contributed by atoms with Crippen LogP contribution in [0, 0.1) is 5.82 Å². The molecule has 2 aromatic rings. The van der Waals surface area contributed by atoms with E-state index in [1.807, 2.05) is 0 Å². The van der Waals surface area contributed by atoms with Crippen LogP contribution in [0.2, 0.25) is 10.0 Å². The summed E-state index contributed by atoms with van der Waals surface area (Å²) in [6, 6.07) is 8.67. The predicted molar refractivity (Wildman–Crippen MR) is 74.0 cm³/mol. The third-order valence-corrected chi connectivity index (χ3v) is 3.53. The lowest BCUT2D eigenvalue weighted by molar-refractivity contribution is 0.103. The van der Waals surface area contributed by atoms with Gasteiger partial charge >= 0.3 is 0 Å². The highest BCUT2D eigenvalue weighted by Gasteiger charge is 2.14. The molecule has 0 fully saturated rings. The van der Waals surface area contributed by atoms with E-state index in [2.05, 4.69) is 15.9 Å². The monoisotopic (exact) mass is 346 g/mol. The van der Waals surface area contributed by atoms with E-state index in [1.165, 1.54) is 24.3 Å². The third-order valence-electron chi connectivity index (χ3n) is 2.35. The van der Waals surface area contributed by atoms with Gasteiger partial charge < -0.3 is 0 Å². The molecular formula is C13H6BrCl2FO. The topological polar surface area (TPSA) is 17.1 Å². The first-order valence-electron chi connectivity index (χ1n) is 4.94. The van der Waals surface area contributed by atoms with Crippen molar-refractivity contribution in [3.8, 4) is 0 Å². The second-order valence-corrected chi connectivity index (χ2v) is 5.28. The van der Waals surface area contributed by atoms with Gasteiger partial charge in [0.25, 0.3) is 0 Å². The molecular weight excluding hydrogens is 342 g/mol. The molecule has 5 heteroatoms. The fourth-order valence-electron chi connectivity index (χ4n) is 1.46. The van der Waals surface area contributed by atoms with E-state index in [0.717, 1.165) is 0 Å². The van der Waals surface area contributed by atoms with Gasteiger partial charge in [-0.15, -0.1) is 0 Å². The van der Waals surface area contributed by atoms with E-state index < -0.39 is 5.82 Å². The molecule has 0 N–H and O–H groups in total. The molecule has 0 amide bonds. The minimum atomic E-state index is -0.427. The Balaban J connectivity index is 2.47. The van der Waals surface area contributed by atoms with Gasteiger partial charge in [-0.25, -0.2) is 4.39 Å². The number of ketones is 1. The summed E-state index contributed by atoms with van der Waals surface area (Å²) in [5, 5.41) is 0.730. The summed E-state index contributed by atoms with van der Waals surface area (Å²) in [6.07, 6.45) is 0. The highest BCUT2D eigenvalue weighted by molar-refractivity contribution is 9.10. The summed E-state index contributed by atoms with van der Waals surface area (Å²) >= 11 is 14.8. The quantitative estimate of drug-likeness (QED) is 0.688. The molecule has 18 heavy (non-hydrogen) atoms. The predicted octanol–water partition coefficient (Wildman–Crippen LogP) is 5.13. The maximum atomic E-state index is 13.1. The lowest BCUT2D eigenvalue weighted by Crippen LogP contribution is -2.02. The van der Waals surface area contributed by atoms with E-state index in [4.69, 9.17) is 23.2 Å². The molecule has 0 heterocycles. The second-order valence-electron chi connectivity index (χ2n) is 3.58. The van der Waals surface area contributed by atoms with Gasteiger partial charge in [0.1, 0.15) is 5.82 Å². The van der Waals surface area contributed by atoms with Crippen molar-refractivity contribution in [3.63, 3.8) is 0 Å². The van der Waals surface area contributed by atoms with Crippen LogP contribution in [0.5, 0.6) is 0 Å². The number of hydrogen-bond donors (Lipinski definition) is 0. The van der Waals surface area contributed by atoms with Crippen molar-refractivity contribution in [3.05, 3.63) is 67.9 Å². The molecule has 2 aromatic carbocycles. The lowest BCUT2D eigenvalue weighted by Gasteiger charge is -2.05. The van der Waals surface area contributed by atoms with Crippen LogP contribution < -0.4 is 0 Å². The van der Waals surface area contributed by atoms with Crippen LogP contribution in [-0.2, 0) is 0 Å². The van der Waals surface area contributed by atoms with Crippen LogP contribution in [0.15, 0.2) is 40.9 Å². The first-order chi connectivity index (χ1) is 8.49. The van der Waals surface area contributed by atoms with Crippen molar-refractivity contribution >= 4 is 44.9 Å². The Hall–Kier alpha value is -0.900. The average Bonchev–Trinajstić information content (AvgIpc) is 2.35. The number of carbonyl (C=O) groups excluding carboxylic acids is 1. The molecule has 1 nitrogen and oxygen atoms in total. The van der Waals surface area contributed by atoms with Gasteiger partial charge in [0.2, 0.25) is 0 Å². The smallest absolute Gasteiger partial charge is 0.194 e. The maximum Gasteiger partial charge on any atom is 0.194 e. The number of rotatable bonds is 2. The molecule has 2 rings (SSSR count). The van der Waals surface area contributed by atoms with Crippen LogP contribution in [-0.4, -0.2) is 5.78 Å². The molecule has 0 atom stereocenters. The molecule has 0 saturated heterocycles. The van der Waals surface area contributed by atoms with Crippen LogP contribution in [0.3, 0.4) is 0 Å². The zero-order valence-electron chi connectivity index (χ0n) is 8.88. The highest BCUT2D eigenvalue weighted by atomic mass is 79.9. The van der Waals surface area contributed by atoms with Crippen molar-refractivity contribution < 1.29 is 9.18 Å². The SMILES string of the molecule is O=C(c1ccc(F)c(Br)c1)c1cc(Cl)ccc1Cl. The van der Waals surface area contributed by atoms with E-state index in [1.54, 1.807) is 12.1 Å². The Morgan fingerprint density at radius 3 is 2.50 bits per heavy atom. The van der Waals surface area contributed by atoms with Crippen molar-refractivity contribution in [1.29, 1.82) is 0 Å². The van der Waals surface area contributed by atoms with E-state index in [9.17, 15) is 9.18 Å². The first-order valence-corrected chi connectivity index (χ1v) is 6.49. The first kappa shape index (κ1) is 13.5. The molecule has 0 bridgehead atoms. The molecule has 0 saturated carbocycles. The van der Waals surface area contributed by atoms with E-state index in [-0.39, 0.29) is 10.3 Å². The van der Waals surface area contributed by atoms with Gasteiger partial charge in [0, 0.05) is 16.1 Å². The Morgan fingerprint density at radius 1 is 1.11 bits per heavy atom. The van der Waals surface area contributed by atoms with Crippen LogP contribution in [0.1, 0.15) is 15.9 Å². The third kappa shape index (κ3) is 2.74. The second kappa shape index (κ2) is 5.39. The van der Waals surface area contributed by atoms with Crippen LogP contribution in [0.4, 0.5) is 4.39 Å². The molecule has 0 aliphatic rings. The van der Waals surface area contributed by atoms with Gasteiger partial charge in [0.05, 0.1) is 9.50 Å². The van der Waals surface area contributed by atoms with Crippen LogP contribution >= 0.6 is 39.1 Å². The van der Waals surface area contributed by atoms with Gasteiger partial charge in [-0.05, 0) is 52.3 Å². The number of halogens is 4. The number of carbonyl (C=O) groups is 1. The Kier molecular flexibility index (Phi) is 4.05. The summed E-state index contributed by atoms with van der Waals surface area (Å²) in [6.45, 7) is 0. The summed E-state index contributed by atoms with van der Waals surface area (Å²) in [7, 11) is 0. The summed E-state index contributed by atoms with van der Waals surface area (Å²) in [4.78, 5) is 12.2. The molecule has 0 radical (unpaired) electrons. The normalized spacial score (nSPS) is 10.4. The summed E-state index contributed by atoms with van der Waals surface area (Å²) in [5.74, 6) is -0.730. The highest BCUT2D eigenvalue weighted by Crippen LogP contribution is 2.25.